The zero-order chi connectivity index (χ0) is 27.1. The Morgan fingerprint density at radius 1 is 0.571 bits per heavy atom. The van der Waals surface area contributed by atoms with E-state index in [4.69, 9.17) is 0 Å². The molecule has 0 saturated carbocycles. The van der Waals surface area contributed by atoms with Crippen LogP contribution in [0.3, 0.4) is 0 Å². The highest BCUT2D eigenvalue weighted by atomic mass is 16.5. The summed E-state index contributed by atoms with van der Waals surface area (Å²) in [5.41, 5.74) is -0.630. The van der Waals surface area contributed by atoms with Crippen molar-refractivity contribution in [2.75, 3.05) is 26.2 Å². The second-order valence-corrected chi connectivity index (χ2v) is 15.8. The molecule has 0 amide bonds. The molecule has 35 heavy (non-hydrogen) atoms. The Morgan fingerprint density at radius 2 is 0.829 bits per heavy atom. The number of nitrogens with zero attached hydrogens (tertiary/aromatic N) is 2. The summed E-state index contributed by atoms with van der Waals surface area (Å²) in [4.78, 5) is 0. The molecule has 0 aromatic rings. The Balaban J connectivity index is 1.78. The van der Waals surface area contributed by atoms with Gasteiger partial charge in [0.25, 0.3) is 0 Å². The number of nitrogens with one attached hydrogen (secondary N) is 3. The fraction of sp³-hybridized carbons (Fsp3) is 1.00. The van der Waals surface area contributed by atoms with Crippen molar-refractivity contribution in [1.29, 1.82) is 0 Å². The monoisotopic (exact) mass is 497 g/mol. The molecule has 0 unspecified atom stereocenters. The van der Waals surface area contributed by atoms with Crippen LogP contribution in [-0.4, -0.2) is 81.0 Å². The maximum atomic E-state index is 10.6. The summed E-state index contributed by atoms with van der Waals surface area (Å²) in [5.74, 6) is 0. The van der Waals surface area contributed by atoms with Crippen LogP contribution in [0.4, 0.5) is 0 Å². The van der Waals surface area contributed by atoms with Gasteiger partial charge in [0.15, 0.2) is 0 Å². The van der Waals surface area contributed by atoms with E-state index < -0.39 is 0 Å². The van der Waals surface area contributed by atoms with E-state index in [-0.39, 0.29) is 33.0 Å². The minimum absolute atomic E-state index is 0.135. The maximum Gasteiger partial charge on any atom is 0.0425 e. The van der Waals surface area contributed by atoms with Gasteiger partial charge in [-0.3, -0.25) is 0 Å². The summed E-state index contributed by atoms with van der Waals surface area (Å²) in [5, 5.41) is 35.6. The Hall–Kier alpha value is -0.280. The molecule has 2 rings (SSSR count). The van der Waals surface area contributed by atoms with E-state index in [1.165, 1.54) is 0 Å². The molecule has 0 radical (unpaired) electrons. The van der Waals surface area contributed by atoms with Crippen LogP contribution in [0.5, 0.6) is 0 Å². The van der Waals surface area contributed by atoms with Crippen molar-refractivity contribution in [2.45, 2.75) is 143 Å². The summed E-state index contributed by atoms with van der Waals surface area (Å²) in [7, 11) is 0. The normalized spacial score (nSPS) is 26.2. The Labute approximate surface area is 216 Å². The van der Waals surface area contributed by atoms with E-state index in [1.54, 1.807) is 10.1 Å². The van der Waals surface area contributed by atoms with Crippen molar-refractivity contribution >= 4 is 0 Å². The molecular weight excluding hydrogens is 438 g/mol. The molecule has 208 valence electrons. The highest BCUT2D eigenvalue weighted by Crippen LogP contribution is 2.38. The molecule has 0 bridgehead atoms. The highest BCUT2D eigenvalue weighted by molar-refractivity contribution is 5.00. The lowest BCUT2D eigenvalue weighted by Crippen LogP contribution is -2.63. The maximum absolute atomic E-state index is 10.6. The fourth-order valence-electron chi connectivity index (χ4n) is 6.54. The molecule has 0 spiro atoms. The molecule has 2 aliphatic heterocycles. The van der Waals surface area contributed by atoms with Gasteiger partial charge in [0.05, 0.1) is 0 Å². The first-order valence-electron chi connectivity index (χ1n) is 13.7. The third-order valence-electron chi connectivity index (χ3n) is 8.22. The SMILES string of the molecule is CC(C)(CNCC(C)(C)CNC1CC(C)(C)N(O)C(C)(C)C1)CNC1CC(C)(C)N(O)C(C)(C)C1. The van der Waals surface area contributed by atoms with E-state index >= 15 is 0 Å². The molecule has 2 saturated heterocycles. The molecule has 7 nitrogen and oxygen atoms in total. The van der Waals surface area contributed by atoms with Crippen molar-refractivity contribution in [2.24, 2.45) is 10.8 Å². The quantitative estimate of drug-likeness (QED) is 0.301. The summed E-state index contributed by atoms with van der Waals surface area (Å²) < 4.78 is 0. The van der Waals surface area contributed by atoms with Crippen molar-refractivity contribution in [1.82, 2.24) is 26.1 Å². The van der Waals surface area contributed by atoms with Crippen LogP contribution in [0.25, 0.3) is 0 Å². The zero-order valence-corrected chi connectivity index (χ0v) is 25.1. The number of hydrogen-bond acceptors (Lipinski definition) is 7. The van der Waals surface area contributed by atoms with Crippen LogP contribution in [0, 0.1) is 10.8 Å². The molecule has 7 heteroatoms. The molecule has 0 aliphatic carbocycles. The molecule has 5 N–H and O–H groups in total. The molecule has 0 atom stereocenters. The fourth-order valence-corrected chi connectivity index (χ4v) is 6.54. The standard InChI is InChI=1S/C28H59N5O2/c1-23(2,19-30-21-13-25(5,6)32(34)26(7,8)14-21)17-29-18-24(3,4)20-31-22-15-27(9,10)33(35)28(11,12)16-22/h21-22,29-31,34-35H,13-20H2,1-12H3. The first-order chi connectivity index (χ1) is 15.6. The van der Waals surface area contributed by atoms with Crippen molar-refractivity contribution < 1.29 is 10.4 Å². The van der Waals surface area contributed by atoms with Crippen LogP contribution >= 0.6 is 0 Å². The van der Waals surface area contributed by atoms with E-state index in [9.17, 15) is 10.4 Å². The second kappa shape index (κ2) is 10.5. The first kappa shape index (κ1) is 30.9. The van der Waals surface area contributed by atoms with Gasteiger partial charge in [-0.1, -0.05) is 27.7 Å². The minimum atomic E-state index is -0.225. The smallest absolute Gasteiger partial charge is 0.0425 e. The predicted octanol–water partition coefficient (Wildman–Crippen LogP) is 4.63. The van der Waals surface area contributed by atoms with Gasteiger partial charge in [0.1, 0.15) is 0 Å². The largest absolute Gasteiger partial charge is 0.316 e. The zero-order valence-electron chi connectivity index (χ0n) is 25.1. The van der Waals surface area contributed by atoms with Crippen molar-refractivity contribution in [3.8, 4) is 0 Å². The third kappa shape index (κ3) is 8.36. The molecular formula is C28H59N5O2. The Bertz CT molecular complexity index is 607. The number of piperidine rings is 2. The minimum Gasteiger partial charge on any atom is -0.316 e. The average molecular weight is 498 g/mol. The summed E-state index contributed by atoms with van der Waals surface area (Å²) >= 11 is 0. The lowest BCUT2D eigenvalue weighted by atomic mass is 9.78. The molecule has 0 aromatic heterocycles. The lowest BCUT2D eigenvalue weighted by molar-refractivity contribution is -0.246. The van der Waals surface area contributed by atoms with Gasteiger partial charge in [-0.25, -0.2) is 0 Å². The van der Waals surface area contributed by atoms with Gasteiger partial charge in [0, 0.05) is 60.4 Å². The van der Waals surface area contributed by atoms with Crippen LogP contribution in [0.2, 0.25) is 0 Å². The summed E-state index contributed by atoms with van der Waals surface area (Å²) in [6, 6.07) is 0.810. The van der Waals surface area contributed by atoms with Crippen LogP contribution < -0.4 is 16.0 Å². The summed E-state index contributed by atoms with van der Waals surface area (Å²) in [6.07, 6.45) is 3.77. The predicted molar refractivity (Wildman–Crippen MR) is 146 cm³/mol. The Kier molecular flexibility index (Phi) is 9.26. The van der Waals surface area contributed by atoms with Gasteiger partial charge < -0.3 is 26.4 Å². The number of hydrogen-bond donors (Lipinski definition) is 5. The van der Waals surface area contributed by atoms with E-state index in [1.807, 2.05) is 0 Å². The van der Waals surface area contributed by atoms with Crippen molar-refractivity contribution in [3.63, 3.8) is 0 Å². The van der Waals surface area contributed by atoms with Crippen molar-refractivity contribution in [3.05, 3.63) is 0 Å². The highest BCUT2D eigenvalue weighted by Gasteiger charge is 2.46. The van der Waals surface area contributed by atoms with E-state index in [0.717, 1.165) is 51.9 Å². The van der Waals surface area contributed by atoms with Gasteiger partial charge in [-0.15, -0.1) is 0 Å². The first-order valence-corrected chi connectivity index (χ1v) is 13.7. The van der Waals surface area contributed by atoms with Gasteiger partial charge in [0.2, 0.25) is 0 Å². The molecule has 0 aromatic carbocycles. The Morgan fingerprint density at radius 3 is 1.09 bits per heavy atom. The lowest BCUT2D eigenvalue weighted by Gasteiger charge is -2.52. The average Bonchev–Trinajstić information content (AvgIpc) is 2.66. The van der Waals surface area contributed by atoms with Crippen LogP contribution in [0.15, 0.2) is 0 Å². The second-order valence-electron chi connectivity index (χ2n) is 15.8. The number of hydroxylamine groups is 4. The molecule has 2 heterocycles. The van der Waals surface area contributed by atoms with E-state index in [0.29, 0.717) is 12.1 Å². The molecule has 2 aliphatic rings. The van der Waals surface area contributed by atoms with Gasteiger partial charge in [-0.2, -0.15) is 10.1 Å². The van der Waals surface area contributed by atoms with Gasteiger partial charge in [-0.05, 0) is 91.9 Å². The summed E-state index contributed by atoms with van der Waals surface area (Å²) in [6.45, 7) is 30.1. The van der Waals surface area contributed by atoms with Crippen LogP contribution in [0.1, 0.15) is 109 Å². The third-order valence-corrected chi connectivity index (χ3v) is 8.22. The van der Waals surface area contributed by atoms with Crippen LogP contribution in [-0.2, 0) is 0 Å². The van der Waals surface area contributed by atoms with E-state index in [2.05, 4.69) is 99.0 Å². The molecule has 2 fully saturated rings. The topological polar surface area (TPSA) is 83.0 Å². The number of rotatable bonds is 10. The van der Waals surface area contributed by atoms with Gasteiger partial charge >= 0.3 is 0 Å².